The number of hydrogen-bond donors (Lipinski definition) is 0. The Balaban J connectivity index is 3.29. The van der Waals surface area contributed by atoms with E-state index in [1.165, 1.54) is 31.2 Å². The molecule has 0 aromatic heterocycles. The summed E-state index contributed by atoms with van der Waals surface area (Å²) >= 11 is 0. The molecule has 0 unspecified atom stereocenters. The van der Waals surface area contributed by atoms with Crippen LogP contribution in [0.4, 0.5) is 8.78 Å². The van der Waals surface area contributed by atoms with E-state index < -0.39 is 29.4 Å². The average Bonchev–Trinajstić information content (AvgIpc) is 2.47. The van der Waals surface area contributed by atoms with Crippen LogP contribution >= 0.6 is 0 Å². The maximum absolute atomic E-state index is 14.4. The molecule has 1 aromatic rings. The number of ether oxygens (including phenoxy) is 2. The van der Waals surface area contributed by atoms with Crippen molar-refractivity contribution < 1.29 is 27.8 Å². The molecule has 1 atom stereocenters. The molecular weight excluding hydrogens is 282 g/mol. The fourth-order valence-electron chi connectivity index (χ4n) is 1.87. The molecule has 0 saturated heterocycles. The van der Waals surface area contributed by atoms with Crippen LogP contribution in [0.2, 0.25) is 0 Å². The first-order valence-electron chi connectivity index (χ1n) is 6.23. The SMILES string of the molecule is C=C(C(=O)OC)[C@@H](c1ccccc1)C(F)(F)C(=O)OCC. The molecule has 1 aromatic carbocycles. The maximum Gasteiger partial charge on any atom is 0.378 e. The fourth-order valence-corrected chi connectivity index (χ4v) is 1.87. The van der Waals surface area contributed by atoms with E-state index in [4.69, 9.17) is 0 Å². The van der Waals surface area contributed by atoms with Gasteiger partial charge in [-0.15, -0.1) is 0 Å². The molecule has 0 N–H and O–H groups in total. The number of esters is 2. The predicted molar refractivity (Wildman–Crippen MR) is 71.9 cm³/mol. The van der Waals surface area contributed by atoms with Crippen molar-refractivity contribution in [2.45, 2.75) is 18.8 Å². The number of benzene rings is 1. The zero-order chi connectivity index (χ0) is 16.0. The van der Waals surface area contributed by atoms with Gasteiger partial charge in [-0.1, -0.05) is 36.9 Å². The van der Waals surface area contributed by atoms with Gasteiger partial charge in [-0.2, -0.15) is 8.78 Å². The predicted octanol–water partition coefficient (Wildman–Crippen LogP) is 2.70. The van der Waals surface area contributed by atoms with Gasteiger partial charge in [0.2, 0.25) is 0 Å². The summed E-state index contributed by atoms with van der Waals surface area (Å²) < 4.78 is 37.5. The highest BCUT2D eigenvalue weighted by atomic mass is 19.3. The topological polar surface area (TPSA) is 52.6 Å². The van der Waals surface area contributed by atoms with Crippen molar-refractivity contribution in [3.63, 3.8) is 0 Å². The molecule has 4 nitrogen and oxygen atoms in total. The van der Waals surface area contributed by atoms with E-state index >= 15 is 0 Å². The van der Waals surface area contributed by atoms with Crippen LogP contribution in [0.1, 0.15) is 18.4 Å². The van der Waals surface area contributed by atoms with Gasteiger partial charge in [0.1, 0.15) is 0 Å². The van der Waals surface area contributed by atoms with Gasteiger partial charge in [-0.25, -0.2) is 9.59 Å². The van der Waals surface area contributed by atoms with Gasteiger partial charge in [0, 0.05) is 5.57 Å². The third-order valence-corrected chi connectivity index (χ3v) is 2.84. The lowest BCUT2D eigenvalue weighted by Crippen LogP contribution is -2.39. The van der Waals surface area contributed by atoms with Crippen molar-refractivity contribution >= 4 is 11.9 Å². The molecule has 0 bridgehead atoms. The summed E-state index contributed by atoms with van der Waals surface area (Å²) in [5.41, 5.74) is -0.437. The molecule has 0 fully saturated rings. The maximum atomic E-state index is 14.4. The molecule has 1 rings (SSSR count). The van der Waals surface area contributed by atoms with E-state index in [0.717, 1.165) is 7.11 Å². The molecule has 0 radical (unpaired) electrons. The molecular formula is C15H16F2O4. The van der Waals surface area contributed by atoms with Crippen LogP contribution in [-0.4, -0.2) is 31.6 Å². The van der Waals surface area contributed by atoms with E-state index in [2.05, 4.69) is 16.1 Å². The molecule has 0 spiro atoms. The monoisotopic (exact) mass is 298 g/mol. The first-order valence-corrected chi connectivity index (χ1v) is 6.23. The van der Waals surface area contributed by atoms with Crippen LogP contribution in [0.5, 0.6) is 0 Å². The van der Waals surface area contributed by atoms with Gasteiger partial charge < -0.3 is 9.47 Å². The Morgan fingerprint density at radius 2 is 1.86 bits per heavy atom. The van der Waals surface area contributed by atoms with Crippen molar-refractivity contribution in [1.82, 2.24) is 0 Å². The molecule has 0 saturated carbocycles. The lowest BCUT2D eigenvalue weighted by Gasteiger charge is -2.26. The quantitative estimate of drug-likeness (QED) is 0.598. The standard InChI is InChI=1S/C15H16F2O4/c1-4-21-14(19)15(16,17)12(10(2)13(18)20-3)11-8-6-5-7-9-11/h5-9,12H,2,4H2,1,3H3/t12-/m0/s1. The summed E-state index contributed by atoms with van der Waals surface area (Å²) in [6.07, 6.45) is 0. The molecule has 0 aliphatic rings. The third kappa shape index (κ3) is 3.65. The van der Waals surface area contributed by atoms with E-state index in [1.54, 1.807) is 6.07 Å². The van der Waals surface area contributed by atoms with E-state index in [0.29, 0.717) is 0 Å². The van der Waals surface area contributed by atoms with Gasteiger partial charge >= 0.3 is 17.9 Å². The second kappa shape index (κ2) is 6.97. The summed E-state index contributed by atoms with van der Waals surface area (Å²) in [7, 11) is 1.05. The average molecular weight is 298 g/mol. The van der Waals surface area contributed by atoms with Crippen molar-refractivity contribution in [3.05, 3.63) is 48.0 Å². The first-order chi connectivity index (χ1) is 9.86. The van der Waals surface area contributed by atoms with E-state index in [-0.39, 0.29) is 12.2 Å². The van der Waals surface area contributed by atoms with Crippen LogP contribution in [0.15, 0.2) is 42.5 Å². The number of carbonyl (C=O) groups excluding carboxylic acids is 2. The van der Waals surface area contributed by atoms with Crippen molar-refractivity contribution in [3.8, 4) is 0 Å². The minimum atomic E-state index is -3.93. The number of halogens is 2. The van der Waals surface area contributed by atoms with Crippen molar-refractivity contribution in [2.24, 2.45) is 0 Å². The third-order valence-electron chi connectivity index (χ3n) is 2.84. The van der Waals surface area contributed by atoms with Gasteiger partial charge in [0.15, 0.2) is 0 Å². The Labute approximate surface area is 121 Å². The summed E-state index contributed by atoms with van der Waals surface area (Å²) in [6, 6.07) is 7.43. The molecule has 0 heterocycles. The minimum Gasteiger partial charge on any atom is -0.466 e. The summed E-state index contributed by atoms with van der Waals surface area (Å²) in [4.78, 5) is 23.1. The molecule has 6 heteroatoms. The molecule has 0 aliphatic carbocycles. The number of carbonyl (C=O) groups is 2. The fraction of sp³-hybridized carbons (Fsp3) is 0.333. The number of methoxy groups -OCH3 is 1. The van der Waals surface area contributed by atoms with E-state index in [9.17, 15) is 18.4 Å². The van der Waals surface area contributed by atoms with Crippen molar-refractivity contribution in [2.75, 3.05) is 13.7 Å². The Bertz CT molecular complexity index is 526. The van der Waals surface area contributed by atoms with Gasteiger partial charge in [0.05, 0.1) is 19.6 Å². The summed E-state index contributed by atoms with van der Waals surface area (Å²) in [5.74, 6) is -8.48. The Morgan fingerprint density at radius 3 is 2.33 bits per heavy atom. The van der Waals surface area contributed by atoms with Crippen LogP contribution in [0, 0.1) is 0 Å². The lowest BCUT2D eigenvalue weighted by molar-refractivity contribution is -0.174. The highest BCUT2D eigenvalue weighted by molar-refractivity contribution is 5.92. The lowest BCUT2D eigenvalue weighted by atomic mass is 9.86. The molecule has 0 aliphatic heterocycles. The summed E-state index contributed by atoms with van der Waals surface area (Å²) in [6.45, 7) is 4.57. The second-order valence-corrected chi connectivity index (χ2v) is 4.20. The van der Waals surface area contributed by atoms with Crippen LogP contribution in [0.25, 0.3) is 0 Å². The van der Waals surface area contributed by atoms with Gasteiger partial charge in [-0.05, 0) is 12.5 Å². The van der Waals surface area contributed by atoms with Crippen LogP contribution in [-0.2, 0) is 19.1 Å². The zero-order valence-corrected chi connectivity index (χ0v) is 11.8. The number of hydrogen-bond acceptors (Lipinski definition) is 4. The highest BCUT2D eigenvalue weighted by Crippen LogP contribution is 2.39. The van der Waals surface area contributed by atoms with Crippen molar-refractivity contribution in [1.29, 1.82) is 0 Å². The summed E-state index contributed by atoms with van der Waals surface area (Å²) in [5, 5.41) is 0. The highest BCUT2D eigenvalue weighted by Gasteiger charge is 2.52. The first kappa shape index (κ1) is 16.8. The normalized spacial score (nSPS) is 12.4. The Morgan fingerprint density at radius 1 is 1.29 bits per heavy atom. The smallest absolute Gasteiger partial charge is 0.378 e. The largest absolute Gasteiger partial charge is 0.466 e. The van der Waals surface area contributed by atoms with Gasteiger partial charge in [0.25, 0.3) is 0 Å². The number of rotatable bonds is 6. The zero-order valence-electron chi connectivity index (χ0n) is 11.8. The minimum absolute atomic E-state index is 0.0750. The molecule has 114 valence electrons. The molecule has 0 amide bonds. The Kier molecular flexibility index (Phi) is 5.58. The molecule has 21 heavy (non-hydrogen) atoms. The van der Waals surface area contributed by atoms with E-state index in [1.807, 2.05) is 0 Å². The van der Waals surface area contributed by atoms with Crippen LogP contribution < -0.4 is 0 Å². The van der Waals surface area contributed by atoms with Crippen LogP contribution in [0.3, 0.4) is 0 Å². The van der Waals surface area contributed by atoms with Gasteiger partial charge in [-0.3, -0.25) is 0 Å². The number of alkyl halides is 2. The second-order valence-electron chi connectivity index (χ2n) is 4.20. The Hall–Kier alpha value is -2.24.